The van der Waals surface area contributed by atoms with Gasteiger partial charge in [0.15, 0.2) is 0 Å². The quantitative estimate of drug-likeness (QED) is 0.771. The van der Waals surface area contributed by atoms with Crippen molar-refractivity contribution in [2.24, 2.45) is 0 Å². The molecule has 2 rings (SSSR count). The number of hydrogen-bond donors (Lipinski definition) is 2. The third-order valence-electron chi connectivity index (χ3n) is 2.52. The summed E-state index contributed by atoms with van der Waals surface area (Å²) in [6.45, 7) is 1.63. The second-order valence-corrected chi connectivity index (χ2v) is 3.89. The molecule has 0 saturated carbocycles. The third kappa shape index (κ3) is 4.05. The van der Waals surface area contributed by atoms with Crippen LogP contribution in [0.4, 0.5) is 4.79 Å². The lowest BCUT2D eigenvalue weighted by molar-refractivity contribution is 0.131. The Morgan fingerprint density at radius 3 is 2.94 bits per heavy atom. The van der Waals surface area contributed by atoms with Crippen LogP contribution in [-0.2, 0) is 16.1 Å². The number of benzene rings is 1. The lowest BCUT2D eigenvalue weighted by atomic mass is 10.2. The standard InChI is InChI=1S/C12H16N2O3/c15-12(14-13-11-6-7-16-9-11)17-8-10-4-2-1-3-5-10/h1-5,11,13H,6-9H2,(H,14,15)/t11-/m0/s1. The van der Waals surface area contributed by atoms with Crippen LogP contribution in [0.3, 0.4) is 0 Å². The van der Waals surface area contributed by atoms with Crippen LogP contribution in [0.1, 0.15) is 12.0 Å². The molecule has 1 saturated heterocycles. The minimum atomic E-state index is -0.472. The first kappa shape index (κ1) is 11.9. The first-order valence-corrected chi connectivity index (χ1v) is 5.64. The van der Waals surface area contributed by atoms with Crippen LogP contribution in [0.5, 0.6) is 0 Å². The van der Waals surface area contributed by atoms with Crippen LogP contribution in [0, 0.1) is 0 Å². The van der Waals surface area contributed by atoms with E-state index in [2.05, 4.69) is 10.9 Å². The smallest absolute Gasteiger partial charge is 0.421 e. The monoisotopic (exact) mass is 236 g/mol. The molecule has 0 spiro atoms. The van der Waals surface area contributed by atoms with Gasteiger partial charge in [-0.2, -0.15) is 0 Å². The molecule has 1 aromatic rings. The minimum Gasteiger partial charge on any atom is -0.444 e. The Kier molecular flexibility index (Phi) is 4.35. The molecule has 1 atom stereocenters. The Labute approximate surface area is 100 Å². The Morgan fingerprint density at radius 2 is 2.24 bits per heavy atom. The highest BCUT2D eigenvalue weighted by Gasteiger charge is 2.15. The van der Waals surface area contributed by atoms with Crippen molar-refractivity contribution in [3.8, 4) is 0 Å². The van der Waals surface area contributed by atoms with E-state index >= 15 is 0 Å². The van der Waals surface area contributed by atoms with E-state index in [1.165, 1.54) is 0 Å². The van der Waals surface area contributed by atoms with Crippen LogP contribution in [0.2, 0.25) is 0 Å². The number of nitrogens with one attached hydrogen (secondary N) is 2. The zero-order valence-electron chi connectivity index (χ0n) is 9.52. The van der Waals surface area contributed by atoms with Gasteiger partial charge in [0.1, 0.15) is 6.61 Å². The van der Waals surface area contributed by atoms with E-state index in [9.17, 15) is 4.79 Å². The molecule has 17 heavy (non-hydrogen) atoms. The van der Waals surface area contributed by atoms with Gasteiger partial charge in [-0.3, -0.25) is 5.43 Å². The molecule has 92 valence electrons. The molecule has 0 radical (unpaired) electrons. The normalized spacial score (nSPS) is 18.9. The molecule has 1 aliphatic rings. The maximum Gasteiger partial charge on any atom is 0.421 e. The lowest BCUT2D eigenvalue weighted by Crippen LogP contribution is -2.44. The first-order chi connectivity index (χ1) is 8.34. The van der Waals surface area contributed by atoms with Crippen molar-refractivity contribution >= 4 is 6.09 Å². The van der Waals surface area contributed by atoms with Crippen molar-refractivity contribution < 1.29 is 14.3 Å². The molecule has 1 fully saturated rings. The fraction of sp³-hybridized carbons (Fsp3) is 0.417. The number of hydrazine groups is 1. The van der Waals surface area contributed by atoms with Crippen LogP contribution < -0.4 is 10.9 Å². The number of carbonyl (C=O) groups is 1. The zero-order chi connectivity index (χ0) is 11.9. The van der Waals surface area contributed by atoms with Gasteiger partial charge < -0.3 is 9.47 Å². The first-order valence-electron chi connectivity index (χ1n) is 5.64. The summed E-state index contributed by atoms with van der Waals surface area (Å²) in [4.78, 5) is 11.3. The van der Waals surface area contributed by atoms with Gasteiger partial charge in [0, 0.05) is 6.61 Å². The molecule has 1 heterocycles. The fourth-order valence-corrected chi connectivity index (χ4v) is 1.57. The highest BCUT2D eigenvalue weighted by atomic mass is 16.6. The van der Waals surface area contributed by atoms with Crippen molar-refractivity contribution in [3.05, 3.63) is 35.9 Å². The molecular weight excluding hydrogens is 220 g/mol. The highest BCUT2D eigenvalue weighted by molar-refractivity contribution is 5.66. The van der Waals surface area contributed by atoms with E-state index in [-0.39, 0.29) is 12.6 Å². The number of hydrogen-bond acceptors (Lipinski definition) is 4. The van der Waals surface area contributed by atoms with Gasteiger partial charge in [-0.05, 0) is 12.0 Å². The van der Waals surface area contributed by atoms with Gasteiger partial charge in [-0.15, -0.1) is 0 Å². The molecule has 1 amide bonds. The second kappa shape index (κ2) is 6.22. The third-order valence-corrected chi connectivity index (χ3v) is 2.52. The van der Waals surface area contributed by atoms with Gasteiger partial charge in [0.05, 0.1) is 12.6 Å². The van der Waals surface area contributed by atoms with Gasteiger partial charge in [0.2, 0.25) is 0 Å². The summed E-state index contributed by atoms with van der Waals surface area (Å²) in [6, 6.07) is 9.73. The fourth-order valence-electron chi connectivity index (χ4n) is 1.57. The molecule has 5 nitrogen and oxygen atoms in total. The molecule has 0 aliphatic carbocycles. The number of rotatable bonds is 4. The summed E-state index contributed by atoms with van der Waals surface area (Å²) in [6.07, 6.45) is 0.430. The highest BCUT2D eigenvalue weighted by Crippen LogP contribution is 2.02. The summed E-state index contributed by atoms with van der Waals surface area (Å²) in [5.41, 5.74) is 6.34. The van der Waals surface area contributed by atoms with E-state index in [0.717, 1.165) is 18.6 Å². The topological polar surface area (TPSA) is 59.6 Å². The summed E-state index contributed by atoms with van der Waals surface area (Å²) in [5, 5.41) is 0. The number of carbonyl (C=O) groups excluding carboxylic acids is 1. The Morgan fingerprint density at radius 1 is 1.41 bits per heavy atom. The van der Waals surface area contributed by atoms with Gasteiger partial charge in [-0.1, -0.05) is 30.3 Å². The van der Waals surface area contributed by atoms with E-state index < -0.39 is 6.09 Å². The molecular formula is C12H16N2O3. The van der Waals surface area contributed by atoms with E-state index in [0.29, 0.717) is 6.61 Å². The molecule has 2 N–H and O–H groups in total. The van der Waals surface area contributed by atoms with Gasteiger partial charge in [-0.25, -0.2) is 10.2 Å². The molecule has 1 aromatic carbocycles. The number of amides is 1. The van der Waals surface area contributed by atoms with Crippen molar-refractivity contribution in [2.75, 3.05) is 13.2 Å². The summed E-state index contributed by atoms with van der Waals surface area (Å²) in [7, 11) is 0. The summed E-state index contributed by atoms with van der Waals surface area (Å²) < 4.78 is 10.2. The average molecular weight is 236 g/mol. The predicted molar refractivity (Wildman–Crippen MR) is 62.1 cm³/mol. The van der Waals surface area contributed by atoms with E-state index in [1.807, 2.05) is 30.3 Å². The molecule has 1 aliphatic heterocycles. The van der Waals surface area contributed by atoms with Crippen molar-refractivity contribution in [1.82, 2.24) is 10.9 Å². The lowest BCUT2D eigenvalue weighted by Gasteiger charge is -2.12. The largest absolute Gasteiger partial charge is 0.444 e. The second-order valence-electron chi connectivity index (χ2n) is 3.89. The van der Waals surface area contributed by atoms with Crippen LogP contribution in [0.15, 0.2) is 30.3 Å². The Hall–Kier alpha value is -1.59. The average Bonchev–Trinajstić information content (AvgIpc) is 2.88. The van der Waals surface area contributed by atoms with E-state index in [4.69, 9.17) is 9.47 Å². The molecule has 5 heteroatoms. The van der Waals surface area contributed by atoms with E-state index in [1.54, 1.807) is 0 Å². The Bertz CT molecular complexity index is 350. The van der Waals surface area contributed by atoms with Gasteiger partial charge in [0.25, 0.3) is 0 Å². The van der Waals surface area contributed by atoms with Crippen molar-refractivity contribution in [2.45, 2.75) is 19.1 Å². The predicted octanol–water partition coefficient (Wildman–Crippen LogP) is 1.21. The zero-order valence-corrected chi connectivity index (χ0v) is 9.52. The maximum atomic E-state index is 11.3. The van der Waals surface area contributed by atoms with Crippen LogP contribution >= 0.6 is 0 Å². The Balaban J connectivity index is 1.64. The molecule has 0 aromatic heterocycles. The SMILES string of the molecule is O=C(NN[C@H]1CCOC1)OCc1ccccc1. The molecule has 0 unspecified atom stereocenters. The van der Waals surface area contributed by atoms with Crippen molar-refractivity contribution in [1.29, 1.82) is 0 Å². The maximum absolute atomic E-state index is 11.3. The van der Waals surface area contributed by atoms with Crippen molar-refractivity contribution in [3.63, 3.8) is 0 Å². The van der Waals surface area contributed by atoms with Crippen LogP contribution in [-0.4, -0.2) is 25.3 Å². The summed E-state index contributed by atoms with van der Waals surface area (Å²) >= 11 is 0. The summed E-state index contributed by atoms with van der Waals surface area (Å²) in [5.74, 6) is 0. The van der Waals surface area contributed by atoms with Crippen LogP contribution in [0.25, 0.3) is 0 Å². The number of ether oxygens (including phenoxy) is 2. The minimum absolute atomic E-state index is 0.180. The van der Waals surface area contributed by atoms with Gasteiger partial charge >= 0.3 is 6.09 Å². The molecule has 0 bridgehead atoms.